The van der Waals surface area contributed by atoms with Gasteiger partial charge < -0.3 is 4.74 Å². The normalized spacial score (nSPS) is 10.3. The number of ketones is 1. The number of ether oxygens (including phenoxy) is 1. The summed E-state index contributed by atoms with van der Waals surface area (Å²) in [4.78, 5) is 12.0. The number of benzene rings is 1. The van der Waals surface area contributed by atoms with E-state index in [4.69, 9.17) is 4.74 Å². The molecule has 4 nitrogen and oxygen atoms in total. The van der Waals surface area contributed by atoms with Crippen LogP contribution in [0.25, 0.3) is 0 Å². The van der Waals surface area contributed by atoms with Gasteiger partial charge in [-0.1, -0.05) is 6.07 Å². The van der Waals surface area contributed by atoms with Gasteiger partial charge in [0.25, 0.3) is 0 Å². The highest BCUT2D eigenvalue weighted by atomic mass is 79.9. The molecular formula is C13H10BrFN2O2. The number of nitrogens with zero attached hydrogens (tertiary/aromatic N) is 2. The van der Waals surface area contributed by atoms with Gasteiger partial charge in [0, 0.05) is 12.5 Å². The third-order valence-electron chi connectivity index (χ3n) is 2.48. The van der Waals surface area contributed by atoms with Crippen LogP contribution in [-0.2, 0) is 6.42 Å². The van der Waals surface area contributed by atoms with Crippen LogP contribution in [0.1, 0.15) is 16.1 Å². The maximum Gasteiger partial charge on any atom is 0.233 e. The fourth-order valence-corrected chi connectivity index (χ4v) is 1.93. The average molecular weight is 325 g/mol. The molecular weight excluding hydrogens is 315 g/mol. The van der Waals surface area contributed by atoms with Gasteiger partial charge in [-0.2, -0.15) is 0 Å². The SMILES string of the molecule is COc1ccc(C(=O)Cc2ccc(F)c(Br)c2)nn1. The monoisotopic (exact) mass is 324 g/mol. The quantitative estimate of drug-likeness (QED) is 0.811. The van der Waals surface area contributed by atoms with Crippen LogP contribution in [0.2, 0.25) is 0 Å². The maximum absolute atomic E-state index is 13.1. The summed E-state index contributed by atoms with van der Waals surface area (Å²) in [5, 5.41) is 7.50. The van der Waals surface area contributed by atoms with E-state index in [0.29, 0.717) is 15.9 Å². The maximum atomic E-state index is 13.1. The van der Waals surface area contributed by atoms with Crippen molar-refractivity contribution >= 4 is 21.7 Å². The third kappa shape index (κ3) is 3.35. The first-order valence-electron chi connectivity index (χ1n) is 5.45. The predicted octanol–water partition coefficient (Wildman–Crippen LogP) is 2.81. The van der Waals surface area contributed by atoms with Gasteiger partial charge in [0.15, 0.2) is 5.78 Å². The summed E-state index contributed by atoms with van der Waals surface area (Å²) in [5.41, 5.74) is 0.956. The Morgan fingerprint density at radius 1 is 1.32 bits per heavy atom. The highest BCUT2D eigenvalue weighted by Crippen LogP contribution is 2.18. The second kappa shape index (κ2) is 5.88. The minimum Gasteiger partial charge on any atom is -0.480 e. The number of carbonyl (C=O) groups excluding carboxylic acids is 1. The molecule has 1 heterocycles. The molecule has 0 fully saturated rings. The van der Waals surface area contributed by atoms with Crippen LogP contribution >= 0.6 is 15.9 Å². The molecule has 0 atom stereocenters. The summed E-state index contributed by atoms with van der Waals surface area (Å²) in [5.74, 6) is -0.199. The summed E-state index contributed by atoms with van der Waals surface area (Å²) in [7, 11) is 1.47. The van der Waals surface area contributed by atoms with Gasteiger partial charge in [0.05, 0.1) is 11.6 Å². The topological polar surface area (TPSA) is 52.1 Å². The summed E-state index contributed by atoms with van der Waals surface area (Å²) < 4.78 is 18.3. The first kappa shape index (κ1) is 13.6. The zero-order valence-corrected chi connectivity index (χ0v) is 11.6. The van der Waals surface area contributed by atoms with Crippen LogP contribution < -0.4 is 4.74 Å². The molecule has 1 aromatic carbocycles. The van der Waals surface area contributed by atoms with Gasteiger partial charge >= 0.3 is 0 Å². The molecule has 0 saturated carbocycles. The van der Waals surface area contributed by atoms with E-state index < -0.39 is 0 Å². The minimum atomic E-state index is -0.361. The Morgan fingerprint density at radius 2 is 2.11 bits per heavy atom. The van der Waals surface area contributed by atoms with Crippen LogP contribution in [0.5, 0.6) is 5.88 Å². The van der Waals surface area contributed by atoms with Crippen LogP contribution in [0.15, 0.2) is 34.8 Å². The fraction of sp³-hybridized carbons (Fsp3) is 0.154. The lowest BCUT2D eigenvalue weighted by molar-refractivity contribution is 0.0987. The number of Topliss-reactive ketones (excluding diaryl/α,β-unsaturated/α-hetero) is 1. The zero-order chi connectivity index (χ0) is 13.8. The van der Waals surface area contributed by atoms with Crippen molar-refractivity contribution in [1.82, 2.24) is 10.2 Å². The number of aromatic nitrogens is 2. The van der Waals surface area contributed by atoms with E-state index in [2.05, 4.69) is 26.1 Å². The van der Waals surface area contributed by atoms with Gasteiger partial charge in [-0.25, -0.2) is 4.39 Å². The van der Waals surface area contributed by atoms with Crippen molar-refractivity contribution in [2.75, 3.05) is 7.11 Å². The molecule has 98 valence electrons. The van der Waals surface area contributed by atoms with Crippen molar-refractivity contribution in [3.8, 4) is 5.88 Å². The second-order valence-corrected chi connectivity index (χ2v) is 4.66. The van der Waals surface area contributed by atoms with E-state index in [1.807, 2.05) is 0 Å². The van der Waals surface area contributed by atoms with Gasteiger partial charge in [0.1, 0.15) is 11.5 Å². The van der Waals surface area contributed by atoms with E-state index in [1.54, 1.807) is 24.3 Å². The van der Waals surface area contributed by atoms with Gasteiger partial charge in [-0.05, 0) is 39.7 Å². The highest BCUT2D eigenvalue weighted by molar-refractivity contribution is 9.10. The number of halogens is 2. The smallest absolute Gasteiger partial charge is 0.233 e. The van der Waals surface area contributed by atoms with Crippen LogP contribution in [0.3, 0.4) is 0 Å². The minimum absolute atomic E-state index is 0.139. The Labute approximate surface area is 117 Å². The lowest BCUT2D eigenvalue weighted by Crippen LogP contribution is -2.07. The molecule has 0 unspecified atom stereocenters. The van der Waals surface area contributed by atoms with E-state index >= 15 is 0 Å². The Kier molecular flexibility index (Phi) is 4.21. The van der Waals surface area contributed by atoms with Crippen LogP contribution in [0.4, 0.5) is 4.39 Å². The number of hydrogen-bond donors (Lipinski definition) is 0. The first-order valence-corrected chi connectivity index (χ1v) is 6.24. The molecule has 0 aliphatic carbocycles. The first-order chi connectivity index (χ1) is 9.10. The van der Waals surface area contributed by atoms with E-state index in [9.17, 15) is 9.18 Å². The van der Waals surface area contributed by atoms with E-state index in [0.717, 1.165) is 0 Å². The molecule has 0 radical (unpaired) electrons. The van der Waals surface area contributed by atoms with Crippen molar-refractivity contribution in [3.05, 3.63) is 51.9 Å². The summed E-state index contributed by atoms with van der Waals surface area (Å²) in [6.07, 6.45) is 0.139. The number of hydrogen-bond acceptors (Lipinski definition) is 4. The molecule has 0 N–H and O–H groups in total. The van der Waals surface area contributed by atoms with Gasteiger partial charge in [0.2, 0.25) is 5.88 Å². The van der Waals surface area contributed by atoms with E-state index in [1.165, 1.54) is 13.2 Å². The standard InChI is InChI=1S/C13H10BrFN2O2/c1-19-13-5-4-11(16-17-13)12(18)7-8-2-3-10(15)9(14)6-8/h2-6H,7H2,1H3. The second-order valence-electron chi connectivity index (χ2n) is 3.81. The van der Waals surface area contributed by atoms with Crippen LogP contribution in [0, 0.1) is 5.82 Å². The lowest BCUT2D eigenvalue weighted by Gasteiger charge is -2.03. The molecule has 0 spiro atoms. The Hall–Kier alpha value is -1.82. The van der Waals surface area contributed by atoms with Crippen molar-refractivity contribution in [3.63, 3.8) is 0 Å². The lowest BCUT2D eigenvalue weighted by atomic mass is 10.1. The van der Waals surface area contributed by atoms with Crippen molar-refractivity contribution in [2.45, 2.75) is 6.42 Å². The summed E-state index contributed by atoms with van der Waals surface area (Å²) in [6.45, 7) is 0. The predicted molar refractivity (Wildman–Crippen MR) is 70.7 cm³/mol. The third-order valence-corrected chi connectivity index (χ3v) is 3.09. The number of methoxy groups -OCH3 is 1. The van der Waals surface area contributed by atoms with E-state index in [-0.39, 0.29) is 23.7 Å². The number of rotatable bonds is 4. The molecule has 19 heavy (non-hydrogen) atoms. The zero-order valence-electron chi connectivity index (χ0n) is 10.1. The summed E-state index contributed by atoms with van der Waals surface area (Å²) >= 11 is 3.08. The van der Waals surface area contributed by atoms with Gasteiger partial charge in [-0.3, -0.25) is 4.79 Å². The molecule has 0 aliphatic rings. The number of carbonyl (C=O) groups is 1. The molecule has 0 bridgehead atoms. The molecule has 6 heteroatoms. The molecule has 2 rings (SSSR count). The van der Waals surface area contributed by atoms with Crippen LogP contribution in [-0.4, -0.2) is 23.1 Å². The fourth-order valence-electron chi connectivity index (χ4n) is 1.50. The molecule has 0 aliphatic heterocycles. The molecule has 0 amide bonds. The Bertz CT molecular complexity index is 602. The molecule has 0 saturated heterocycles. The molecule has 1 aromatic heterocycles. The largest absolute Gasteiger partial charge is 0.480 e. The Balaban J connectivity index is 2.13. The van der Waals surface area contributed by atoms with Crippen molar-refractivity contribution in [1.29, 1.82) is 0 Å². The molecule has 2 aromatic rings. The van der Waals surface area contributed by atoms with Gasteiger partial charge in [-0.15, -0.1) is 10.2 Å². The highest BCUT2D eigenvalue weighted by Gasteiger charge is 2.11. The van der Waals surface area contributed by atoms with Crippen molar-refractivity contribution in [2.24, 2.45) is 0 Å². The van der Waals surface area contributed by atoms with Crippen molar-refractivity contribution < 1.29 is 13.9 Å². The average Bonchev–Trinajstić information content (AvgIpc) is 2.43. The summed E-state index contributed by atoms with van der Waals surface area (Å²) in [6, 6.07) is 7.57. The Morgan fingerprint density at radius 3 is 2.68 bits per heavy atom.